The van der Waals surface area contributed by atoms with Crippen LogP contribution in [0.3, 0.4) is 0 Å². The maximum absolute atomic E-state index is 12.8. The number of allylic oxidation sites excluding steroid dienone is 2. The third kappa shape index (κ3) is 8.66. The number of esters is 1. The second kappa shape index (κ2) is 12.6. The predicted octanol–water partition coefficient (Wildman–Crippen LogP) is 5.20. The molecule has 0 amide bonds. The number of halogens is 3. The summed E-state index contributed by atoms with van der Waals surface area (Å²) in [6.45, 7) is 3.46. The van der Waals surface area contributed by atoms with E-state index in [-0.39, 0.29) is 48.8 Å². The van der Waals surface area contributed by atoms with E-state index in [0.717, 1.165) is 31.4 Å². The number of aliphatic hydroxyl groups excluding tert-OH is 1. The number of benzene rings is 1. The number of hydrogen-bond donors (Lipinski definition) is 1. The zero-order valence-corrected chi connectivity index (χ0v) is 19.9. The Balaban J connectivity index is 1.44. The molecule has 1 aromatic carbocycles. The van der Waals surface area contributed by atoms with Crippen molar-refractivity contribution in [2.24, 2.45) is 5.92 Å². The molecule has 0 spiro atoms. The van der Waals surface area contributed by atoms with E-state index in [4.69, 9.17) is 18.9 Å². The first kappa shape index (κ1) is 27.2. The van der Waals surface area contributed by atoms with E-state index >= 15 is 0 Å². The number of alkyl halides is 3. The molecular formula is C26H33F3O6. The van der Waals surface area contributed by atoms with Gasteiger partial charge >= 0.3 is 12.1 Å². The van der Waals surface area contributed by atoms with Crippen molar-refractivity contribution in [3.8, 4) is 5.75 Å². The average molecular weight is 499 g/mol. The summed E-state index contributed by atoms with van der Waals surface area (Å²) in [6, 6.07) is 4.54. The topological polar surface area (TPSA) is 74.2 Å². The van der Waals surface area contributed by atoms with E-state index in [0.29, 0.717) is 12.8 Å². The first-order valence-corrected chi connectivity index (χ1v) is 11.9. The fraction of sp³-hybridized carbons (Fsp3) is 0.577. The van der Waals surface area contributed by atoms with E-state index in [1.54, 1.807) is 12.2 Å². The fourth-order valence-corrected chi connectivity index (χ4v) is 3.99. The molecule has 2 bridgehead atoms. The molecular weight excluding hydrogens is 465 g/mol. The van der Waals surface area contributed by atoms with Crippen molar-refractivity contribution < 1.29 is 42.0 Å². The fourth-order valence-electron chi connectivity index (χ4n) is 3.99. The third-order valence-corrected chi connectivity index (χ3v) is 5.76. The van der Waals surface area contributed by atoms with Crippen molar-refractivity contribution in [2.75, 3.05) is 6.61 Å². The number of carbonyl (C=O) groups excluding carboxylic acids is 1. The molecule has 0 radical (unpaired) electrons. The number of unbranched alkanes of at least 4 members (excludes halogenated alkanes) is 1. The SMILES string of the molecule is CC(C)OC(=O)CCCC=CC[C@H]1[C@@H]2C[C@@H](O2)O[C@@H]1C=C[C@@H](O)COc1cccc(C(F)(F)F)c1. The average Bonchev–Trinajstić information content (AvgIpc) is 2.77. The quantitative estimate of drug-likeness (QED) is 0.243. The number of fused-ring (bicyclic) bond motifs is 2. The van der Waals surface area contributed by atoms with E-state index in [9.17, 15) is 23.1 Å². The van der Waals surface area contributed by atoms with Gasteiger partial charge in [-0.1, -0.05) is 30.4 Å². The largest absolute Gasteiger partial charge is 0.491 e. The van der Waals surface area contributed by atoms with Gasteiger partial charge in [0.05, 0.1) is 23.9 Å². The van der Waals surface area contributed by atoms with Crippen LogP contribution in [0.4, 0.5) is 13.2 Å². The molecule has 5 atom stereocenters. The first-order chi connectivity index (χ1) is 16.6. The summed E-state index contributed by atoms with van der Waals surface area (Å²) in [4.78, 5) is 11.6. The highest BCUT2D eigenvalue weighted by Crippen LogP contribution is 2.40. The first-order valence-electron chi connectivity index (χ1n) is 11.9. The van der Waals surface area contributed by atoms with Gasteiger partial charge < -0.3 is 24.1 Å². The number of aliphatic hydroxyl groups is 1. The van der Waals surface area contributed by atoms with Crippen LogP contribution >= 0.6 is 0 Å². The van der Waals surface area contributed by atoms with Gasteiger partial charge in [-0.25, -0.2) is 0 Å². The summed E-state index contributed by atoms with van der Waals surface area (Å²) >= 11 is 0. The van der Waals surface area contributed by atoms with E-state index < -0.39 is 17.8 Å². The molecule has 4 rings (SSSR count). The van der Waals surface area contributed by atoms with Crippen molar-refractivity contribution in [2.45, 2.75) is 82.8 Å². The van der Waals surface area contributed by atoms with Crippen LogP contribution < -0.4 is 4.74 Å². The summed E-state index contributed by atoms with van der Waals surface area (Å²) in [6.07, 6.45) is 4.82. The Labute approximate surface area is 203 Å². The normalized spacial score (nSPS) is 25.1. The van der Waals surface area contributed by atoms with Gasteiger partial charge in [0.25, 0.3) is 0 Å². The Hall–Kier alpha value is -2.36. The Bertz CT molecular complexity index is 876. The van der Waals surface area contributed by atoms with Crippen molar-refractivity contribution in [3.05, 3.63) is 54.1 Å². The Morgan fingerprint density at radius 1 is 1.26 bits per heavy atom. The van der Waals surface area contributed by atoms with Crippen LogP contribution in [0.25, 0.3) is 0 Å². The van der Waals surface area contributed by atoms with Crippen molar-refractivity contribution in [1.82, 2.24) is 0 Å². The van der Waals surface area contributed by atoms with Gasteiger partial charge in [0, 0.05) is 18.8 Å². The molecule has 1 N–H and O–H groups in total. The highest BCUT2D eigenvalue weighted by molar-refractivity contribution is 5.69. The van der Waals surface area contributed by atoms with Gasteiger partial charge in [0.15, 0.2) is 6.29 Å². The van der Waals surface area contributed by atoms with Gasteiger partial charge in [0.1, 0.15) is 18.5 Å². The molecule has 0 unspecified atom stereocenters. The minimum Gasteiger partial charge on any atom is -0.491 e. The van der Waals surface area contributed by atoms with Crippen LogP contribution in [0.2, 0.25) is 0 Å². The second-order valence-electron chi connectivity index (χ2n) is 9.03. The van der Waals surface area contributed by atoms with E-state index in [1.807, 2.05) is 19.9 Å². The molecule has 1 aromatic rings. The lowest BCUT2D eigenvalue weighted by Gasteiger charge is -2.49. The summed E-state index contributed by atoms with van der Waals surface area (Å²) in [5.41, 5.74) is -0.804. The van der Waals surface area contributed by atoms with Crippen molar-refractivity contribution in [1.29, 1.82) is 0 Å². The smallest absolute Gasteiger partial charge is 0.416 e. The summed E-state index contributed by atoms with van der Waals surface area (Å²) in [7, 11) is 0. The molecule has 35 heavy (non-hydrogen) atoms. The predicted molar refractivity (Wildman–Crippen MR) is 123 cm³/mol. The lowest BCUT2D eigenvalue weighted by molar-refractivity contribution is -0.337. The zero-order chi connectivity index (χ0) is 25.4. The standard InChI is InChI=1S/C26H33F3O6/c1-17(2)33-24(31)11-6-4-3-5-10-21-22(34-25-15-23(21)35-25)13-12-19(30)16-32-20-9-7-8-18(14-20)26(27,28)29/h3,5,7-9,12-14,17,19,21-23,25,30H,4,6,10-11,15-16H2,1-2H3/t19-,21-,22-,23+,25-/m1/s1. The van der Waals surface area contributed by atoms with Gasteiger partial charge in [-0.2, -0.15) is 13.2 Å². The van der Waals surface area contributed by atoms with Crippen molar-refractivity contribution in [3.63, 3.8) is 0 Å². The summed E-state index contributed by atoms with van der Waals surface area (Å²) in [5, 5.41) is 10.2. The maximum Gasteiger partial charge on any atom is 0.416 e. The Kier molecular flexibility index (Phi) is 9.77. The maximum atomic E-state index is 12.8. The second-order valence-corrected chi connectivity index (χ2v) is 9.03. The van der Waals surface area contributed by atoms with Crippen LogP contribution in [-0.2, 0) is 25.2 Å². The highest BCUT2D eigenvalue weighted by Gasteiger charge is 2.46. The van der Waals surface area contributed by atoms with Crippen LogP contribution in [0, 0.1) is 5.92 Å². The van der Waals surface area contributed by atoms with Gasteiger partial charge in [0.2, 0.25) is 0 Å². The molecule has 0 saturated carbocycles. The molecule has 6 nitrogen and oxygen atoms in total. The third-order valence-electron chi connectivity index (χ3n) is 5.76. The van der Waals surface area contributed by atoms with Gasteiger partial charge in [-0.15, -0.1) is 0 Å². The Morgan fingerprint density at radius 3 is 2.74 bits per heavy atom. The molecule has 0 aromatic heterocycles. The van der Waals surface area contributed by atoms with Gasteiger partial charge in [-0.05, 0) is 51.3 Å². The molecule has 0 aliphatic carbocycles. The lowest BCUT2D eigenvalue weighted by Crippen LogP contribution is -2.55. The number of ether oxygens (including phenoxy) is 4. The number of carbonyl (C=O) groups is 1. The molecule has 9 heteroatoms. The highest BCUT2D eigenvalue weighted by atomic mass is 19.4. The summed E-state index contributed by atoms with van der Waals surface area (Å²) < 4.78 is 60.5. The molecule has 194 valence electrons. The number of rotatable bonds is 12. The number of hydrogen-bond acceptors (Lipinski definition) is 6. The van der Waals surface area contributed by atoms with E-state index in [1.165, 1.54) is 12.1 Å². The monoisotopic (exact) mass is 498 g/mol. The molecule has 3 aliphatic rings. The zero-order valence-electron chi connectivity index (χ0n) is 19.9. The van der Waals surface area contributed by atoms with Crippen LogP contribution in [0.1, 0.15) is 51.5 Å². The van der Waals surface area contributed by atoms with E-state index in [2.05, 4.69) is 6.08 Å². The lowest BCUT2D eigenvalue weighted by atomic mass is 9.84. The van der Waals surface area contributed by atoms with Gasteiger partial charge in [-0.3, -0.25) is 4.79 Å². The molecule has 3 fully saturated rings. The van der Waals surface area contributed by atoms with Crippen LogP contribution in [-0.4, -0.2) is 48.4 Å². The summed E-state index contributed by atoms with van der Waals surface area (Å²) in [5.74, 6) is -0.0740. The molecule has 3 aliphatic heterocycles. The van der Waals surface area contributed by atoms with Crippen LogP contribution in [0.5, 0.6) is 5.75 Å². The minimum atomic E-state index is -4.46. The molecule has 3 heterocycles. The van der Waals surface area contributed by atoms with Crippen molar-refractivity contribution >= 4 is 5.97 Å². The molecule has 3 saturated heterocycles. The minimum absolute atomic E-state index is 0.0383. The van der Waals surface area contributed by atoms with Crippen LogP contribution in [0.15, 0.2) is 48.6 Å². The Morgan fingerprint density at radius 2 is 2.03 bits per heavy atom.